The molecule has 3 amide bonds. The predicted molar refractivity (Wildman–Crippen MR) is 129 cm³/mol. The Morgan fingerprint density at radius 2 is 1.38 bits per heavy atom. The molecule has 0 aliphatic heterocycles. The fourth-order valence-electron chi connectivity index (χ4n) is 2.88. The summed E-state index contributed by atoms with van der Waals surface area (Å²) in [7, 11) is 0. The van der Waals surface area contributed by atoms with E-state index in [9.17, 15) is 19.2 Å². The number of hydrogen-bond donors (Lipinski definition) is 7. The Labute approximate surface area is 199 Å². The summed E-state index contributed by atoms with van der Waals surface area (Å²) < 4.78 is 0. The molecule has 0 spiro atoms. The van der Waals surface area contributed by atoms with Gasteiger partial charge in [-0.15, -0.1) is 0 Å². The average Bonchev–Trinajstić information content (AvgIpc) is 2.74. The molecule has 178 valence electrons. The first-order valence-corrected chi connectivity index (χ1v) is 11.5. The highest BCUT2D eigenvalue weighted by atomic mass is 32.1. The molecule has 1 rings (SSSR count). The van der Waals surface area contributed by atoms with E-state index in [4.69, 9.17) is 10.8 Å². The molecule has 0 aliphatic rings. The Hall–Kier alpha value is -2.24. The van der Waals surface area contributed by atoms with Gasteiger partial charge in [0, 0.05) is 17.9 Å². The molecule has 4 unspecified atom stereocenters. The standard InChI is InChI=1S/C21H32N4O5S2/c1-12(2)8-14(22)18(26)23-15(9-13-6-4-3-5-7-13)19(27)24-16(10-31)20(28)25-17(11-32)21(29)30/h3-7,12,14-17,31-32H,8-11,22H2,1-2H3,(H,23,26)(H,24,27)(H,25,28)(H,29,30). The first kappa shape index (κ1) is 27.8. The lowest BCUT2D eigenvalue weighted by Crippen LogP contribution is -2.58. The van der Waals surface area contributed by atoms with E-state index in [0.717, 1.165) is 5.56 Å². The summed E-state index contributed by atoms with van der Waals surface area (Å²) in [4.78, 5) is 49.1. The minimum atomic E-state index is -1.24. The molecule has 1 aromatic rings. The molecular weight excluding hydrogens is 452 g/mol. The van der Waals surface area contributed by atoms with E-state index < -0.39 is 47.9 Å². The predicted octanol–water partition coefficient (Wildman–Crippen LogP) is 0.00110. The third kappa shape index (κ3) is 9.49. The van der Waals surface area contributed by atoms with E-state index in [0.29, 0.717) is 6.42 Å². The maximum absolute atomic E-state index is 13.0. The number of aliphatic carboxylic acids is 1. The van der Waals surface area contributed by atoms with Crippen LogP contribution in [-0.4, -0.2) is 64.5 Å². The van der Waals surface area contributed by atoms with Gasteiger partial charge in [-0.25, -0.2) is 4.79 Å². The Bertz CT molecular complexity index is 779. The van der Waals surface area contributed by atoms with Crippen molar-refractivity contribution in [1.29, 1.82) is 0 Å². The number of nitrogens with one attached hydrogen (secondary N) is 3. The van der Waals surface area contributed by atoms with Gasteiger partial charge < -0.3 is 26.8 Å². The van der Waals surface area contributed by atoms with Gasteiger partial charge in [-0.2, -0.15) is 25.3 Å². The van der Waals surface area contributed by atoms with Crippen LogP contribution in [0.2, 0.25) is 0 Å². The molecule has 0 fully saturated rings. The van der Waals surface area contributed by atoms with Crippen molar-refractivity contribution < 1.29 is 24.3 Å². The second-order valence-corrected chi connectivity index (χ2v) is 8.54. The van der Waals surface area contributed by atoms with Crippen molar-refractivity contribution in [1.82, 2.24) is 16.0 Å². The molecule has 1 aromatic carbocycles. The number of amides is 3. The van der Waals surface area contributed by atoms with Crippen molar-refractivity contribution >= 4 is 48.9 Å². The first-order chi connectivity index (χ1) is 15.1. The van der Waals surface area contributed by atoms with Crippen molar-refractivity contribution in [3.63, 3.8) is 0 Å². The Morgan fingerprint density at radius 1 is 0.875 bits per heavy atom. The molecule has 9 nitrogen and oxygen atoms in total. The van der Waals surface area contributed by atoms with Gasteiger partial charge in [0.2, 0.25) is 17.7 Å². The van der Waals surface area contributed by atoms with Gasteiger partial charge in [-0.3, -0.25) is 14.4 Å². The number of nitrogens with two attached hydrogens (primary N) is 1. The molecule has 0 heterocycles. The minimum absolute atomic E-state index is 0.0741. The summed E-state index contributed by atoms with van der Waals surface area (Å²) in [5.74, 6) is -3.02. The number of rotatable bonds is 13. The van der Waals surface area contributed by atoms with E-state index >= 15 is 0 Å². The van der Waals surface area contributed by atoms with Crippen LogP contribution in [0.15, 0.2) is 30.3 Å². The van der Waals surface area contributed by atoms with Crippen LogP contribution < -0.4 is 21.7 Å². The Kier molecular flexibility index (Phi) is 12.2. The topological polar surface area (TPSA) is 151 Å². The summed E-state index contributed by atoms with van der Waals surface area (Å²) in [6.07, 6.45) is 0.635. The van der Waals surface area contributed by atoms with E-state index in [1.807, 2.05) is 44.2 Å². The third-order valence-corrected chi connectivity index (χ3v) is 5.32. The van der Waals surface area contributed by atoms with Crippen LogP contribution >= 0.6 is 25.3 Å². The second-order valence-electron chi connectivity index (χ2n) is 7.81. The highest BCUT2D eigenvalue weighted by Gasteiger charge is 2.29. The third-order valence-electron chi connectivity index (χ3n) is 4.59. The van der Waals surface area contributed by atoms with E-state index in [-0.39, 0.29) is 23.8 Å². The first-order valence-electron chi connectivity index (χ1n) is 10.2. The molecule has 0 saturated carbocycles. The van der Waals surface area contributed by atoms with Gasteiger partial charge in [0.05, 0.1) is 6.04 Å². The lowest BCUT2D eigenvalue weighted by Gasteiger charge is -2.24. The molecule has 0 aliphatic carbocycles. The number of carbonyl (C=O) groups is 4. The largest absolute Gasteiger partial charge is 0.480 e. The van der Waals surface area contributed by atoms with Gasteiger partial charge in [0.15, 0.2) is 0 Å². The zero-order valence-corrected chi connectivity index (χ0v) is 19.9. The summed E-state index contributed by atoms with van der Waals surface area (Å²) in [5.41, 5.74) is 6.76. The minimum Gasteiger partial charge on any atom is -0.480 e. The fraction of sp³-hybridized carbons (Fsp3) is 0.524. The van der Waals surface area contributed by atoms with Gasteiger partial charge in [0.25, 0.3) is 0 Å². The van der Waals surface area contributed by atoms with Crippen molar-refractivity contribution in [2.45, 2.75) is 50.9 Å². The molecule has 32 heavy (non-hydrogen) atoms. The number of carbonyl (C=O) groups excluding carboxylic acids is 3. The normalized spacial score (nSPS) is 14.7. The lowest BCUT2D eigenvalue weighted by atomic mass is 10.0. The second kappa shape index (κ2) is 14.0. The van der Waals surface area contributed by atoms with Gasteiger partial charge in [0.1, 0.15) is 18.1 Å². The van der Waals surface area contributed by atoms with Crippen molar-refractivity contribution in [3.05, 3.63) is 35.9 Å². The quantitative estimate of drug-likeness (QED) is 0.196. The molecule has 4 atom stereocenters. The van der Waals surface area contributed by atoms with Crippen LogP contribution in [0.25, 0.3) is 0 Å². The molecule has 11 heteroatoms. The SMILES string of the molecule is CC(C)CC(N)C(=O)NC(Cc1ccccc1)C(=O)NC(CS)C(=O)NC(CS)C(=O)O. The fourth-order valence-corrected chi connectivity index (χ4v) is 3.38. The highest BCUT2D eigenvalue weighted by molar-refractivity contribution is 7.80. The van der Waals surface area contributed by atoms with Crippen LogP contribution in [0.3, 0.4) is 0 Å². The maximum Gasteiger partial charge on any atom is 0.327 e. The van der Waals surface area contributed by atoms with Gasteiger partial charge >= 0.3 is 5.97 Å². The Morgan fingerprint density at radius 3 is 1.88 bits per heavy atom. The lowest BCUT2D eigenvalue weighted by molar-refractivity contribution is -0.141. The van der Waals surface area contributed by atoms with E-state index in [2.05, 4.69) is 41.2 Å². The summed E-state index contributed by atoms with van der Waals surface area (Å²) in [6, 6.07) is 4.99. The van der Waals surface area contributed by atoms with Crippen LogP contribution in [-0.2, 0) is 25.6 Å². The smallest absolute Gasteiger partial charge is 0.327 e. The van der Waals surface area contributed by atoms with Crippen LogP contribution in [0, 0.1) is 5.92 Å². The highest BCUT2D eigenvalue weighted by Crippen LogP contribution is 2.07. The molecule has 6 N–H and O–H groups in total. The number of thiol groups is 2. The Balaban J connectivity index is 2.96. The number of carboxylic acids is 1. The van der Waals surface area contributed by atoms with Crippen molar-refractivity contribution in [3.8, 4) is 0 Å². The van der Waals surface area contributed by atoms with Crippen LogP contribution in [0.1, 0.15) is 25.8 Å². The summed E-state index contributed by atoms with van der Waals surface area (Å²) in [5, 5.41) is 16.6. The zero-order valence-electron chi connectivity index (χ0n) is 18.2. The molecule has 0 saturated heterocycles. The zero-order chi connectivity index (χ0) is 24.3. The molecule has 0 aromatic heterocycles. The van der Waals surface area contributed by atoms with Gasteiger partial charge in [-0.05, 0) is 17.9 Å². The van der Waals surface area contributed by atoms with E-state index in [1.165, 1.54) is 0 Å². The van der Waals surface area contributed by atoms with Crippen LogP contribution in [0.5, 0.6) is 0 Å². The maximum atomic E-state index is 13.0. The summed E-state index contributed by atoms with van der Waals surface area (Å²) >= 11 is 8.00. The van der Waals surface area contributed by atoms with Crippen molar-refractivity contribution in [2.75, 3.05) is 11.5 Å². The number of hydrogen-bond acceptors (Lipinski definition) is 7. The number of carboxylic acid groups (broad SMARTS) is 1. The van der Waals surface area contributed by atoms with Crippen molar-refractivity contribution in [2.24, 2.45) is 11.7 Å². The average molecular weight is 485 g/mol. The van der Waals surface area contributed by atoms with Crippen LogP contribution in [0.4, 0.5) is 0 Å². The molecular formula is C21H32N4O5S2. The van der Waals surface area contributed by atoms with E-state index in [1.54, 1.807) is 0 Å². The van der Waals surface area contributed by atoms with Gasteiger partial charge in [-0.1, -0.05) is 44.2 Å². The molecule has 0 radical (unpaired) electrons. The summed E-state index contributed by atoms with van der Waals surface area (Å²) in [6.45, 7) is 3.87. The monoisotopic (exact) mass is 484 g/mol. The molecule has 0 bridgehead atoms. The number of benzene rings is 1.